The fraction of sp³-hybridized carbons (Fsp3) is 0.286. The van der Waals surface area contributed by atoms with Gasteiger partial charge in [-0.3, -0.25) is 0 Å². The number of aromatic nitrogens is 1. The van der Waals surface area contributed by atoms with E-state index >= 15 is 0 Å². The lowest BCUT2D eigenvalue weighted by molar-refractivity contribution is -0.139. The topological polar surface area (TPSA) is 109 Å². The smallest absolute Gasteiger partial charge is 0.416 e. The second-order valence-electron chi connectivity index (χ2n) is 7.22. The highest BCUT2D eigenvalue weighted by Gasteiger charge is 2.42. The first-order chi connectivity index (χ1) is 14.4. The van der Waals surface area contributed by atoms with Crippen LogP contribution in [0.15, 0.2) is 41.7 Å². The molecule has 1 aliphatic rings. The zero-order valence-electron chi connectivity index (χ0n) is 16.7. The fourth-order valence-corrected chi connectivity index (χ4v) is 3.61. The molecule has 1 atom stereocenters. The van der Waals surface area contributed by atoms with Gasteiger partial charge in [-0.15, -0.1) is 0 Å². The van der Waals surface area contributed by atoms with Crippen LogP contribution < -0.4 is 10.1 Å². The fourth-order valence-electron chi connectivity index (χ4n) is 3.61. The summed E-state index contributed by atoms with van der Waals surface area (Å²) >= 11 is 0. The molecule has 3 N–H and O–H groups in total. The Labute approximate surface area is 175 Å². The van der Waals surface area contributed by atoms with Crippen LogP contribution in [0.4, 0.5) is 18.9 Å². The quantitative estimate of drug-likeness (QED) is 0.633. The predicted octanol–water partition coefficient (Wildman–Crippen LogP) is 4.50. The van der Waals surface area contributed by atoms with Crippen molar-refractivity contribution in [2.24, 2.45) is 0 Å². The van der Waals surface area contributed by atoms with Gasteiger partial charge in [0.2, 0.25) is 5.88 Å². The van der Waals surface area contributed by atoms with Gasteiger partial charge < -0.3 is 20.3 Å². The average Bonchev–Trinajstić information content (AvgIpc) is 2.65. The minimum atomic E-state index is -4.77. The van der Waals surface area contributed by atoms with Crippen LogP contribution >= 0.6 is 0 Å². The zero-order chi connectivity index (χ0) is 23.1. The van der Waals surface area contributed by atoms with E-state index in [0.717, 1.165) is 12.3 Å². The van der Waals surface area contributed by atoms with Gasteiger partial charge in [-0.25, -0.2) is 14.6 Å². The maximum absolute atomic E-state index is 13.8. The van der Waals surface area contributed by atoms with Gasteiger partial charge in [0.1, 0.15) is 5.56 Å². The number of carbonyl (C=O) groups is 2. The number of pyridine rings is 1. The molecule has 1 unspecified atom stereocenters. The van der Waals surface area contributed by atoms with Crippen molar-refractivity contribution in [1.82, 2.24) is 4.98 Å². The number of alkyl halides is 3. The van der Waals surface area contributed by atoms with E-state index in [1.54, 1.807) is 13.8 Å². The number of carboxylic acid groups (broad SMARTS) is 2. The molecule has 0 fully saturated rings. The Morgan fingerprint density at radius 1 is 1.16 bits per heavy atom. The molecule has 0 saturated carbocycles. The van der Waals surface area contributed by atoms with Crippen molar-refractivity contribution in [3.63, 3.8) is 0 Å². The van der Waals surface area contributed by atoms with Gasteiger partial charge >= 0.3 is 18.1 Å². The van der Waals surface area contributed by atoms with Crippen molar-refractivity contribution in [2.45, 2.75) is 39.0 Å². The largest absolute Gasteiger partial charge is 0.478 e. The summed E-state index contributed by atoms with van der Waals surface area (Å²) in [7, 11) is 0. The highest BCUT2D eigenvalue weighted by Crippen LogP contribution is 2.49. The summed E-state index contributed by atoms with van der Waals surface area (Å²) in [6.07, 6.45) is -4.20. The van der Waals surface area contributed by atoms with Crippen LogP contribution in [0.25, 0.3) is 0 Å². The number of hydrogen-bond donors (Lipinski definition) is 3. The third-order valence-electron chi connectivity index (χ3n) is 4.76. The number of rotatable bonds is 5. The number of carboxylic acids is 2. The van der Waals surface area contributed by atoms with E-state index in [9.17, 15) is 33.0 Å². The average molecular weight is 436 g/mol. The van der Waals surface area contributed by atoms with Crippen LogP contribution in [0, 0.1) is 0 Å². The molecule has 3 rings (SSSR count). The number of aliphatic carboxylic acids is 1. The monoisotopic (exact) mass is 436 g/mol. The lowest BCUT2D eigenvalue weighted by Crippen LogP contribution is -2.27. The van der Waals surface area contributed by atoms with E-state index < -0.39 is 35.7 Å². The number of nitrogens with zero attached hydrogens (tertiary/aromatic N) is 1. The van der Waals surface area contributed by atoms with Crippen LogP contribution in [0.3, 0.4) is 0 Å². The summed E-state index contributed by atoms with van der Waals surface area (Å²) in [6.45, 7) is 4.69. The van der Waals surface area contributed by atoms with Gasteiger partial charge in [-0.2, -0.15) is 13.2 Å². The number of benzene rings is 1. The van der Waals surface area contributed by atoms with Gasteiger partial charge in [0.05, 0.1) is 34.4 Å². The van der Waals surface area contributed by atoms with E-state index in [1.165, 1.54) is 25.1 Å². The van der Waals surface area contributed by atoms with Gasteiger partial charge in [-0.05, 0) is 32.4 Å². The first kappa shape index (κ1) is 22.1. The number of allylic oxidation sites excluding steroid dienone is 1. The minimum Gasteiger partial charge on any atom is -0.478 e. The molecule has 0 amide bonds. The molecule has 0 aliphatic carbocycles. The van der Waals surface area contributed by atoms with Crippen LogP contribution in [0.1, 0.15) is 53.7 Å². The zero-order valence-corrected chi connectivity index (χ0v) is 16.7. The molecule has 7 nitrogen and oxygen atoms in total. The van der Waals surface area contributed by atoms with Gasteiger partial charge in [0, 0.05) is 11.9 Å². The third kappa shape index (κ3) is 4.05. The summed E-state index contributed by atoms with van der Waals surface area (Å²) in [5.74, 6) is -4.43. The Bertz CT molecular complexity index is 1090. The van der Waals surface area contributed by atoms with Crippen molar-refractivity contribution in [3.8, 4) is 5.88 Å². The second kappa shape index (κ2) is 7.93. The van der Waals surface area contributed by atoms with E-state index in [2.05, 4.69) is 10.3 Å². The van der Waals surface area contributed by atoms with E-state index in [4.69, 9.17) is 4.74 Å². The molecule has 0 radical (unpaired) electrons. The number of nitrogens with one attached hydrogen (secondary N) is 1. The molecule has 31 heavy (non-hydrogen) atoms. The van der Waals surface area contributed by atoms with Crippen molar-refractivity contribution in [2.75, 3.05) is 5.32 Å². The number of fused-ring (bicyclic) bond motifs is 1. The van der Waals surface area contributed by atoms with Crippen molar-refractivity contribution < 1.29 is 37.7 Å². The van der Waals surface area contributed by atoms with Crippen LogP contribution in [-0.4, -0.2) is 33.2 Å². The summed E-state index contributed by atoms with van der Waals surface area (Å²) in [6, 6.07) is 4.58. The Morgan fingerprint density at radius 3 is 2.35 bits per heavy atom. The lowest BCUT2D eigenvalue weighted by Gasteiger charge is -2.32. The Morgan fingerprint density at radius 2 is 1.81 bits per heavy atom. The number of hydrogen-bond acceptors (Lipinski definition) is 5. The normalized spacial score (nSPS) is 16.0. The molecule has 2 aromatic rings. The predicted molar refractivity (Wildman–Crippen MR) is 104 cm³/mol. The van der Waals surface area contributed by atoms with Gasteiger partial charge in [0.25, 0.3) is 0 Å². The SMILES string of the molecule is CC1=C(C(=O)O)C(c2ccccc2C(F)(F)F)c2c(OC(C)C)ncc(C(=O)O)c2N1. The molecule has 1 aliphatic heterocycles. The van der Waals surface area contributed by atoms with Crippen LogP contribution in [0.5, 0.6) is 5.88 Å². The molecular formula is C21H19F3N2O5. The first-order valence-electron chi connectivity index (χ1n) is 9.23. The van der Waals surface area contributed by atoms with Crippen molar-refractivity contribution in [3.05, 3.63) is 64.0 Å². The molecule has 1 aromatic carbocycles. The second-order valence-corrected chi connectivity index (χ2v) is 7.22. The van der Waals surface area contributed by atoms with Gasteiger partial charge in [-0.1, -0.05) is 18.2 Å². The highest BCUT2D eigenvalue weighted by atomic mass is 19.4. The summed E-state index contributed by atoms with van der Waals surface area (Å²) in [5, 5.41) is 22.2. The lowest BCUT2D eigenvalue weighted by atomic mass is 9.78. The number of anilines is 1. The first-order valence-corrected chi connectivity index (χ1v) is 9.23. The molecule has 0 bridgehead atoms. The number of halogens is 3. The minimum absolute atomic E-state index is 0.0196. The van der Waals surface area contributed by atoms with Crippen LogP contribution in [0.2, 0.25) is 0 Å². The highest BCUT2D eigenvalue weighted by molar-refractivity contribution is 6.00. The maximum Gasteiger partial charge on any atom is 0.416 e. The van der Waals surface area contributed by atoms with Crippen molar-refractivity contribution in [1.29, 1.82) is 0 Å². The van der Waals surface area contributed by atoms with E-state index in [1.807, 2.05) is 0 Å². The number of aromatic carboxylic acids is 1. The van der Waals surface area contributed by atoms with Gasteiger partial charge in [0.15, 0.2) is 0 Å². The standard InChI is InChI=1S/C21H19F3N2O5/c1-9(2)31-18-16-15(11-6-4-5-7-13(11)21(22,23)24)14(20(29)30)10(3)26-17(16)12(8-25-18)19(27)28/h4-9,15,26H,1-3H3,(H,27,28)(H,29,30). The molecule has 1 aromatic heterocycles. The summed E-state index contributed by atoms with van der Waals surface area (Å²) in [5.41, 5.74) is -2.16. The summed E-state index contributed by atoms with van der Waals surface area (Å²) < 4.78 is 47.1. The summed E-state index contributed by atoms with van der Waals surface area (Å²) in [4.78, 5) is 27.9. The van der Waals surface area contributed by atoms with E-state index in [-0.39, 0.29) is 39.5 Å². The van der Waals surface area contributed by atoms with Crippen LogP contribution in [-0.2, 0) is 11.0 Å². The van der Waals surface area contributed by atoms with E-state index in [0.29, 0.717) is 0 Å². The molecule has 10 heteroatoms. The Kier molecular flexibility index (Phi) is 5.66. The van der Waals surface area contributed by atoms with Crippen molar-refractivity contribution >= 4 is 17.6 Å². The molecular weight excluding hydrogens is 417 g/mol. The molecule has 2 heterocycles. The molecule has 164 valence electrons. The third-order valence-corrected chi connectivity index (χ3v) is 4.76. The Balaban J connectivity index is 2.45. The molecule has 0 spiro atoms. The Hall–Kier alpha value is -3.56. The maximum atomic E-state index is 13.8. The molecule has 0 saturated heterocycles. The number of ether oxygens (including phenoxy) is 1.